The fourth-order valence-corrected chi connectivity index (χ4v) is 10.1. The molecule has 0 aromatic heterocycles. The summed E-state index contributed by atoms with van der Waals surface area (Å²) in [5, 5.41) is 0. The lowest BCUT2D eigenvalue weighted by Crippen LogP contribution is -2.58. The lowest BCUT2D eigenvalue weighted by atomic mass is 9.86. The second-order valence-electron chi connectivity index (χ2n) is 14.3. The molecule has 0 aliphatic carbocycles. The highest BCUT2D eigenvalue weighted by molar-refractivity contribution is 7.48. The molecule has 0 radical (unpaired) electrons. The molecule has 2 aliphatic rings. The minimum absolute atomic E-state index is 0.113. The van der Waals surface area contributed by atoms with Crippen molar-refractivity contribution in [1.82, 2.24) is 0 Å². The molecule has 2 saturated heterocycles. The zero-order chi connectivity index (χ0) is 31.4. The quantitative estimate of drug-likeness (QED) is 0.0642. The van der Waals surface area contributed by atoms with Crippen LogP contribution < -0.4 is 0 Å². The zero-order valence-corrected chi connectivity index (χ0v) is 31.9. The van der Waals surface area contributed by atoms with Gasteiger partial charge in [-0.25, -0.2) is 4.57 Å². The van der Waals surface area contributed by atoms with Gasteiger partial charge in [0.1, 0.15) is 5.76 Å². The largest absolute Gasteiger partial charge is 0.529 e. The second-order valence-corrected chi connectivity index (χ2v) is 29.3. The SMILES string of the molecule is C=C(C[C@@H]1OC[C@H](C[C@@H]2O[C@H]2[C@@H](C)[C@H](C)O[Si](C)(C)C)[C@@H](O[Si](C)(C)C)[C@H]1O[Si](C)(C)C)OP(=O)(OCC)OCC. The molecule has 8 atom stereocenters. The Morgan fingerprint density at radius 1 is 0.878 bits per heavy atom. The van der Waals surface area contributed by atoms with Crippen LogP contribution >= 0.6 is 7.82 Å². The van der Waals surface area contributed by atoms with Gasteiger partial charge in [0.05, 0.1) is 50.3 Å². The summed E-state index contributed by atoms with van der Waals surface area (Å²) in [5.74, 6) is 0.702. The smallest absolute Gasteiger partial charge is 0.415 e. The van der Waals surface area contributed by atoms with Crippen LogP contribution in [0.2, 0.25) is 58.9 Å². The minimum Gasteiger partial charge on any atom is -0.415 e. The highest BCUT2D eigenvalue weighted by atomic mass is 31.2. The van der Waals surface area contributed by atoms with Crippen molar-refractivity contribution < 1.29 is 40.9 Å². The number of epoxide rings is 1. The van der Waals surface area contributed by atoms with Crippen molar-refractivity contribution in [1.29, 1.82) is 0 Å². The molecule has 2 heterocycles. The molecule has 0 unspecified atom stereocenters. The summed E-state index contributed by atoms with van der Waals surface area (Å²) in [7, 11) is -9.36. The molecule has 0 aromatic carbocycles. The number of phosphoric acid groups is 1. The monoisotopic (exact) mass is 654 g/mol. The topological polar surface area (TPSA) is 94.2 Å². The first-order chi connectivity index (χ1) is 18.7. The van der Waals surface area contributed by atoms with E-state index < -0.39 is 32.8 Å². The van der Waals surface area contributed by atoms with Gasteiger partial charge in [0.2, 0.25) is 0 Å². The van der Waals surface area contributed by atoms with Crippen molar-refractivity contribution >= 4 is 32.8 Å². The molecule has 0 saturated carbocycles. The zero-order valence-electron chi connectivity index (χ0n) is 28.0. The summed E-state index contributed by atoms with van der Waals surface area (Å²) in [5.41, 5.74) is 0. The van der Waals surface area contributed by atoms with Crippen molar-refractivity contribution in [3.63, 3.8) is 0 Å². The Morgan fingerprint density at radius 2 is 1.41 bits per heavy atom. The van der Waals surface area contributed by atoms with Crippen molar-refractivity contribution in [3.8, 4) is 0 Å². The van der Waals surface area contributed by atoms with E-state index >= 15 is 0 Å². The van der Waals surface area contributed by atoms with Gasteiger partial charge in [0.15, 0.2) is 25.0 Å². The molecule has 41 heavy (non-hydrogen) atoms. The van der Waals surface area contributed by atoms with Crippen molar-refractivity contribution in [3.05, 3.63) is 12.3 Å². The maximum absolute atomic E-state index is 13.0. The van der Waals surface area contributed by atoms with Crippen molar-refractivity contribution in [2.75, 3.05) is 19.8 Å². The molecule has 0 aromatic rings. The second kappa shape index (κ2) is 14.9. The molecule has 242 valence electrons. The Labute approximate surface area is 253 Å². The fraction of sp³-hybridized carbons (Fsp3) is 0.929. The van der Waals surface area contributed by atoms with Crippen LogP contribution in [-0.4, -0.2) is 81.4 Å². The van der Waals surface area contributed by atoms with Crippen LogP contribution in [0.3, 0.4) is 0 Å². The van der Waals surface area contributed by atoms with E-state index in [2.05, 4.69) is 79.3 Å². The van der Waals surface area contributed by atoms with Crippen LogP contribution in [0.4, 0.5) is 0 Å². The van der Waals surface area contributed by atoms with Gasteiger partial charge >= 0.3 is 7.82 Å². The first-order valence-corrected chi connectivity index (χ1v) is 26.9. The molecule has 0 N–H and O–H groups in total. The molecule has 2 fully saturated rings. The molecule has 0 spiro atoms. The average molecular weight is 655 g/mol. The predicted octanol–water partition coefficient (Wildman–Crippen LogP) is 7.58. The van der Waals surface area contributed by atoms with Crippen LogP contribution in [0.5, 0.6) is 0 Å². The molecular formula is C28H59O9PSi3. The van der Waals surface area contributed by atoms with E-state index in [9.17, 15) is 4.57 Å². The van der Waals surface area contributed by atoms with E-state index in [0.717, 1.165) is 6.42 Å². The Kier molecular flexibility index (Phi) is 13.6. The maximum Gasteiger partial charge on any atom is 0.529 e. The summed E-state index contributed by atoms with van der Waals surface area (Å²) in [6, 6.07) is 0. The third-order valence-electron chi connectivity index (χ3n) is 6.86. The van der Waals surface area contributed by atoms with E-state index in [0.29, 0.717) is 18.9 Å². The molecule has 9 nitrogen and oxygen atoms in total. The number of ether oxygens (including phenoxy) is 2. The Bertz CT molecular complexity index is 877. The lowest BCUT2D eigenvalue weighted by molar-refractivity contribution is -0.154. The Hall–Kier alpha value is 0.141. The molecule has 0 amide bonds. The third-order valence-corrected chi connectivity index (χ3v) is 11.5. The van der Waals surface area contributed by atoms with Gasteiger partial charge in [-0.2, -0.15) is 0 Å². The first kappa shape index (κ1) is 37.3. The van der Waals surface area contributed by atoms with E-state index in [-0.39, 0.29) is 61.5 Å². The highest BCUT2D eigenvalue weighted by Gasteiger charge is 2.51. The summed E-state index contributed by atoms with van der Waals surface area (Å²) >= 11 is 0. The molecule has 0 bridgehead atoms. The number of phosphoric ester groups is 1. The molecular weight excluding hydrogens is 596 g/mol. The molecule has 2 aliphatic heterocycles. The van der Waals surface area contributed by atoms with Crippen LogP contribution in [-0.2, 0) is 40.9 Å². The van der Waals surface area contributed by atoms with E-state index in [1.54, 1.807) is 13.8 Å². The Balaban J connectivity index is 2.22. The van der Waals surface area contributed by atoms with Gasteiger partial charge in [-0.15, -0.1) is 0 Å². The average Bonchev–Trinajstić information content (AvgIpc) is 3.53. The van der Waals surface area contributed by atoms with E-state index in [4.69, 9.17) is 36.3 Å². The highest BCUT2D eigenvalue weighted by Crippen LogP contribution is 2.52. The van der Waals surface area contributed by atoms with E-state index in [1.165, 1.54) is 0 Å². The van der Waals surface area contributed by atoms with Crippen LogP contribution in [0, 0.1) is 11.8 Å². The van der Waals surface area contributed by atoms with Crippen LogP contribution in [0.1, 0.15) is 40.5 Å². The van der Waals surface area contributed by atoms with Crippen molar-refractivity contribution in [2.45, 2.75) is 136 Å². The molecule has 13 heteroatoms. The van der Waals surface area contributed by atoms with Crippen LogP contribution in [0.25, 0.3) is 0 Å². The maximum atomic E-state index is 13.0. The lowest BCUT2D eigenvalue weighted by Gasteiger charge is -2.47. The van der Waals surface area contributed by atoms with Gasteiger partial charge in [-0.05, 0) is 86.1 Å². The van der Waals surface area contributed by atoms with E-state index in [1.807, 2.05) is 0 Å². The van der Waals surface area contributed by atoms with Gasteiger partial charge in [-0.3, -0.25) is 9.05 Å². The fourth-order valence-electron chi connectivity index (χ4n) is 5.28. The third kappa shape index (κ3) is 13.0. The minimum atomic E-state index is -3.75. The van der Waals surface area contributed by atoms with Gasteiger partial charge in [0.25, 0.3) is 0 Å². The normalized spacial score (nSPS) is 29.2. The number of hydrogen-bond donors (Lipinski definition) is 0. The summed E-state index contributed by atoms with van der Waals surface area (Å²) in [4.78, 5) is 0. The number of hydrogen-bond acceptors (Lipinski definition) is 9. The molecule has 2 rings (SSSR count). The summed E-state index contributed by atoms with van der Waals surface area (Å²) in [6.07, 6.45) is 0.731. The predicted molar refractivity (Wildman–Crippen MR) is 172 cm³/mol. The standard InChI is InChI=1S/C28H59O9PSi3/c1-15-31-38(29,32-16-2)34-20(3)17-24-28(37-41(12,13)14)27(36-40(9,10)11)23(19-30-24)18-25-26(33-25)21(4)22(5)35-39(6,7)8/h21-28H,3,15-19H2,1-2,4-14H3/t21-,22-,23-,24-,25-,26-,27+,28-/m0/s1. The van der Waals surface area contributed by atoms with Crippen LogP contribution in [0.15, 0.2) is 12.3 Å². The first-order valence-electron chi connectivity index (χ1n) is 15.2. The van der Waals surface area contributed by atoms with Crippen molar-refractivity contribution in [2.24, 2.45) is 11.8 Å². The number of rotatable bonds is 18. The van der Waals surface area contributed by atoms with Gasteiger partial charge in [0, 0.05) is 24.4 Å². The summed E-state index contributed by atoms with van der Waals surface area (Å²) in [6.45, 7) is 32.6. The summed E-state index contributed by atoms with van der Waals surface area (Å²) < 4.78 is 62.0. The van der Waals surface area contributed by atoms with Gasteiger partial charge < -0.3 is 27.3 Å². The van der Waals surface area contributed by atoms with Gasteiger partial charge in [-0.1, -0.05) is 13.5 Å². The Morgan fingerprint density at radius 3 is 1.90 bits per heavy atom.